The molecule has 4 heterocycles. The SMILES string of the molecule is c1ccc(-c2cc(-c3ccccc3)cc(-c3nc(-c4ccccc4-n4c5ccccc5c5cnccc54)nc(-n4c5ccccc5c5ccccc54)n3)c2)cc1. The summed E-state index contributed by atoms with van der Waals surface area (Å²) in [7, 11) is 0. The molecule has 0 atom stereocenters. The fourth-order valence-corrected chi connectivity index (χ4v) is 8.14. The smallest absolute Gasteiger partial charge is 0.238 e. The fourth-order valence-electron chi connectivity index (χ4n) is 8.14. The van der Waals surface area contributed by atoms with E-state index in [1.807, 2.05) is 24.5 Å². The van der Waals surface area contributed by atoms with Gasteiger partial charge in [0.05, 0.1) is 27.8 Å². The van der Waals surface area contributed by atoms with Crippen molar-refractivity contribution in [3.63, 3.8) is 0 Å². The van der Waals surface area contributed by atoms with Crippen LogP contribution < -0.4 is 0 Å². The molecule has 11 rings (SSSR count). The summed E-state index contributed by atoms with van der Waals surface area (Å²) in [5.41, 5.74) is 11.4. The number of hydrogen-bond acceptors (Lipinski definition) is 4. The van der Waals surface area contributed by atoms with E-state index in [0.717, 1.165) is 82.7 Å². The topological polar surface area (TPSA) is 61.4 Å². The Morgan fingerprint density at radius 3 is 1.46 bits per heavy atom. The zero-order chi connectivity index (χ0) is 37.0. The average molecular weight is 717 g/mol. The Morgan fingerprint density at radius 1 is 0.339 bits per heavy atom. The predicted octanol–water partition coefficient (Wildman–Crippen LogP) is 12.1. The minimum absolute atomic E-state index is 0.551. The molecule has 6 heteroatoms. The summed E-state index contributed by atoms with van der Waals surface area (Å²) in [6.07, 6.45) is 3.80. The molecule has 0 saturated heterocycles. The van der Waals surface area contributed by atoms with Crippen LogP contribution in [0.3, 0.4) is 0 Å². The number of nitrogens with zero attached hydrogens (tertiary/aromatic N) is 6. The van der Waals surface area contributed by atoms with Crippen LogP contribution in [0.25, 0.3) is 100 Å². The molecule has 0 aliphatic rings. The van der Waals surface area contributed by atoms with E-state index in [4.69, 9.17) is 15.0 Å². The third-order valence-corrected chi connectivity index (χ3v) is 10.7. The van der Waals surface area contributed by atoms with Gasteiger partial charge in [0.2, 0.25) is 5.95 Å². The zero-order valence-electron chi connectivity index (χ0n) is 30.2. The van der Waals surface area contributed by atoms with Gasteiger partial charge in [-0.05, 0) is 76.9 Å². The maximum Gasteiger partial charge on any atom is 0.238 e. The molecular weight excluding hydrogens is 685 g/mol. The van der Waals surface area contributed by atoms with Crippen LogP contribution >= 0.6 is 0 Å². The van der Waals surface area contributed by atoms with Crippen LogP contribution in [0.5, 0.6) is 0 Å². The Bertz CT molecular complexity index is 3090. The highest BCUT2D eigenvalue weighted by Crippen LogP contribution is 2.38. The van der Waals surface area contributed by atoms with Gasteiger partial charge in [-0.25, -0.2) is 4.98 Å². The Morgan fingerprint density at radius 2 is 0.821 bits per heavy atom. The Balaban J connectivity index is 1.22. The van der Waals surface area contributed by atoms with Gasteiger partial charge in [0.1, 0.15) is 0 Å². The van der Waals surface area contributed by atoms with Crippen LogP contribution in [0, 0.1) is 0 Å². The van der Waals surface area contributed by atoms with Crippen molar-refractivity contribution >= 4 is 43.6 Å². The molecule has 0 fully saturated rings. The highest BCUT2D eigenvalue weighted by molar-refractivity contribution is 6.10. The zero-order valence-corrected chi connectivity index (χ0v) is 30.2. The van der Waals surface area contributed by atoms with Crippen molar-refractivity contribution in [2.45, 2.75) is 0 Å². The molecule has 7 aromatic carbocycles. The minimum atomic E-state index is 0.551. The Kier molecular flexibility index (Phi) is 7.38. The molecule has 0 bridgehead atoms. The summed E-state index contributed by atoms with van der Waals surface area (Å²) >= 11 is 0. The van der Waals surface area contributed by atoms with Crippen molar-refractivity contribution < 1.29 is 0 Å². The number of hydrogen-bond donors (Lipinski definition) is 0. The first kappa shape index (κ1) is 31.8. The van der Waals surface area contributed by atoms with Gasteiger partial charge in [0.25, 0.3) is 0 Å². The molecule has 4 aromatic heterocycles. The van der Waals surface area contributed by atoms with Gasteiger partial charge >= 0.3 is 0 Å². The standard InChI is InChI=1S/C50H32N6/c1-3-15-33(16-4-1)35-29-36(34-17-5-2-6-18-34)31-37(30-35)48-52-49(54-50(53-48)56-44-24-12-7-19-38(44)39-20-8-13-25-45(39)56)41-22-10-14-26-46(41)55-43-23-11-9-21-40(43)42-32-51-28-27-47(42)55/h1-32H. The van der Waals surface area contributed by atoms with E-state index >= 15 is 0 Å². The molecule has 0 aliphatic heterocycles. The fraction of sp³-hybridized carbons (Fsp3) is 0. The normalized spacial score (nSPS) is 11.6. The molecule has 0 radical (unpaired) electrons. The quantitative estimate of drug-likeness (QED) is 0.172. The van der Waals surface area contributed by atoms with Gasteiger partial charge in [-0.3, -0.25) is 9.55 Å². The highest BCUT2D eigenvalue weighted by atomic mass is 15.2. The number of pyridine rings is 1. The Labute approximate surface area is 322 Å². The van der Waals surface area contributed by atoms with Crippen LogP contribution in [0.15, 0.2) is 194 Å². The summed E-state index contributed by atoms with van der Waals surface area (Å²) < 4.78 is 4.47. The Hall–Kier alpha value is -7.70. The third-order valence-electron chi connectivity index (χ3n) is 10.7. The van der Waals surface area contributed by atoms with Gasteiger partial charge in [0.15, 0.2) is 11.6 Å². The second kappa shape index (κ2) is 13.0. The van der Waals surface area contributed by atoms with Crippen molar-refractivity contribution in [3.8, 4) is 56.7 Å². The van der Waals surface area contributed by atoms with Crippen LogP contribution in [0.2, 0.25) is 0 Å². The largest absolute Gasteiger partial charge is 0.308 e. The second-order valence-corrected chi connectivity index (χ2v) is 13.9. The van der Waals surface area contributed by atoms with E-state index in [1.165, 1.54) is 0 Å². The van der Waals surface area contributed by atoms with E-state index in [9.17, 15) is 0 Å². The molecule has 0 unspecified atom stereocenters. The monoisotopic (exact) mass is 716 g/mol. The summed E-state index contributed by atoms with van der Waals surface area (Å²) in [5, 5.41) is 4.51. The molecule has 0 saturated carbocycles. The lowest BCUT2D eigenvalue weighted by Gasteiger charge is -2.16. The van der Waals surface area contributed by atoms with Gasteiger partial charge in [-0.15, -0.1) is 0 Å². The van der Waals surface area contributed by atoms with Crippen molar-refractivity contribution in [1.29, 1.82) is 0 Å². The molecule has 0 N–H and O–H groups in total. The molecule has 56 heavy (non-hydrogen) atoms. The summed E-state index contributed by atoms with van der Waals surface area (Å²) in [5.74, 6) is 1.71. The van der Waals surface area contributed by atoms with Gasteiger partial charge in [-0.2, -0.15) is 9.97 Å². The van der Waals surface area contributed by atoms with Crippen molar-refractivity contribution in [2.75, 3.05) is 0 Å². The lowest BCUT2D eigenvalue weighted by atomic mass is 9.96. The maximum atomic E-state index is 5.38. The van der Waals surface area contributed by atoms with E-state index in [-0.39, 0.29) is 0 Å². The highest BCUT2D eigenvalue weighted by Gasteiger charge is 2.21. The molecule has 0 amide bonds. The third kappa shape index (κ3) is 5.19. The average Bonchev–Trinajstić information content (AvgIpc) is 3.80. The number of para-hydroxylation sites is 4. The molecule has 0 aliphatic carbocycles. The summed E-state index contributed by atoms with van der Waals surface area (Å²) in [6.45, 7) is 0. The first-order chi connectivity index (χ1) is 27.8. The molecule has 11 aromatic rings. The number of benzene rings is 7. The van der Waals surface area contributed by atoms with Crippen molar-refractivity contribution in [2.24, 2.45) is 0 Å². The minimum Gasteiger partial charge on any atom is -0.308 e. The lowest BCUT2D eigenvalue weighted by molar-refractivity contribution is 0.952. The van der Waals surface area contributed by atoms with Crippen LogP contribution in [-0.4, -0.2) is 29.1 Å². The van der Waals surface area contributed by atoms with Crippen LogP contribution in [-0.2, 0) is 0 Å². The first-order valence-electron chi connectivity index (χ1n) is 18.7. The molecular formula is C50H32N6. The lowest BCUT2D eigenvalue weighted by Crippen LogP contribution is -2.08. The predicted molar refractivity (Wildman–Crippen MR) is 228 cm³/mol. The van der Waals surface area contributed by atoms with Crippen molar-refractivity contribution in [1.82, 2.24) is 29.1 Å². The van der Waals surface area contributed by atoms with Crippen molar-refractivity contribution in [3.05, 3.63) is 194 Å². The van der Waals surface area contributed by atoms with Gasteiger partial charge < -0.3 is 4.57 Å². The van der Waals surface area contributed by atoms with E-state index in [0.29, 0.717) is 17.6 Å². The first-order valence-corrected chi connectivity index (χ1v) is 18.7. The van der Waals surface area contributed by atoms with Gasteiger partial charge in [0, 0.05) is 45.1 Å². The van der Waals surface area contributed by atoms with Gasteiger partial charge in [-0.1, -0.05) is 127 Å². The summed E-state index contributed by atoms with van der Waals surface area (Å²) in [4.78, 5) is 20.6. The second-order valence-electron chi connectivity index (χ2n) is 13.9. The number of fused-ring (bicyclic) bond motifs is 6. The molecule has 6 nitrogen and oxygen atoms in total. The molecule has 262 valence electrons. The van der Waals surface area contributed by atoms with E-state index in [1.54, 1.807) is 0 Å². The summed E-state index contributed by atoms with van der Waals surface area (Å²) in [6, 6.07) is 63.5. The van der Waals surface area contributed by atoms with Crippen LogP contribution in [0.1, 0.15) is 0 Å². The number of aromatic nitrogens is 6. The maximum absolute atomic E-state index is 5.38. The number of rotatable bonds is 6. The van der Waals surface area contributed by atoms with E-state index in [2.05, 4.69) is 184 Å². The molecule has 0 spiro atoms. The van der Waals surface area contributed by atoms with Crippen LogP contribution in [0.4, 0.5) is 0 Å². The van der Waals surface area contributed by atoms with E-state index < -0.39 is 0 Å².